The zero-order chi connectivity index (χ0) is 46.1. The monoisotopic (exact) mass is 891 g/mol. The van der Waals surface area contributed by atoms with Gasteiger partial charge in [0.2, 0.25) is 0 Å². The van der Waals surface area contributed by atoms with Gasteiger partial charge in [-0.2, -0.15) is 0 Å². The smallest absolute Gasteiger partial charge is 0.306 e. The molecule has 0 N–H and O–H groups in total. The highest BCUT2D eigenvalue weighted by Gasteiger charge is 2.19. The third-order valence-corrected chi connectivity index (χ3v) is 13.3. The van der Waals surface area contributed by atoms with Gasteiger partial charge in [0.1, 0.15) is 13.2 Å². The SMILES string of the molecule is CCCCCCCCCCCCCCCCCC(=O)OC[C@@H](COC(=O)CCCCCCCCCCCCC(C)CC)OC(=O)CCCCCCCCCCCCCCCC(C)C. The van der Waals surface area contributed by atoms with Crippen LogP contribution in [0.1, 0.15) is 317 Å². The Morgan fingerprint density at radius 3 is 0.905 bits per heavy atom. The number of ether oxygens (including phenoxy) is 3. The van der Waals surface area contributed by atoms with Gasteiger partial charge in [-0.15, -0.1) is 0 Å². The second-order valence-corrected chi connectivity index (χ2v) is 20.3. The van der Waals surface area contributed by atoms with Crippen molar-refractivity contribution in [3.63, 3.8) is 0 Å². The average Bonchev–Trinajstić information content (AvgIpc) is 3.27. The van der Waals surface area contributed by atoms with Crippen LogP contribution in [-0.2, 0) is 28.6 Å². The van der Waals surface area contributed by atoms with Crippen LogP contribution in [0, 0.1) is 11.8 Å². The summed E-state index contributed by atoms with van der Waals surface area (Å²) in [6.45, 7) is 11.4. The molecule has 0 aliphatic rings. The molecule has 0 aromatic heterocycles. The Morgan fingerprint density at radius 1 is 0.333 bits per heavy atom. The van der Waals surface area contributed by atoms with Gasteiger partial charge < -0.3 is 14.2 Å². The van der Waals surface area contributed by atoms with Gasteiger partial charge in [0, 0.05) is 19.3 Å². The van der Waals surface area contributed by atoms with Crippen LogP contribution in [0.5, 0.6) is 0 Å². The quantitative estimate of drug-likeness (QED) is 0.0344. The van der Waals surface area contributed by atoms with E-state index in [1.807, 2.05) is 0 Å². The molecule has 0 aromatic carbocycles. The Bertz CT molecular complexity index is 964. The van der Waals surface area contributed by atoms with E-state index in [0.717, 1.165) is 69.6 Å². The molecule has 0 aliphatic heterocycles. The third kappa shape index (κ3) is 49.7. The molecule has 374 valence electrons. The second-order valence-electron chi connectivity index (χ2n) is 20.3. The van der Waals surface area contributed by atoms with E-state index in [4.69, 9.17) is 14.2 Å². The maximum Gasteiger partial charge on any atom is 0.306 e. The predicted molar refractivity (Wildman–Crippen MR) is 270 cm³/mol. The number of rotatable bonds is 51. The fourth-order valence-corrected chi connectivity index (χ4v) is 8.66. The van der Waals surface area contributed by atoms with Gasteiger partial charge in [0.05, 0.1) is 0 Å². The van der Waals surface area contributed by atoms with Crippen molar-refractivity contribution in [3.8, 4) is 0 Å². The maximum atomic E-state index is 12.8. The van der Waals surface area contributed by atoms with E-state index in [-0.39, 0.29) is 31.1 Å². The van der Waals surface area contributed by atoms with E-state index in [1.54, 1.807) is 0 Å². The van der Waals surface area contributed by atoms with Crippen molar-refractivity contribution >= 4 is 17.9 Å². The summed E-state index contributed by atoms with van der Waals surface area (Å²) in [5.74, 6) is 0.867. The van der Waals surface area contributed by atoms with Gasteiger partial charge in [0.25, 0.3) is 0 Å². The molecule has 0 amide bonds. The molecule has 0 fully saturated rings. The van der Waals surface area contributed by atoms with Crippen LogP contribution in [0.3, 0.4) is 0 Å². The molecule has 1 unspecified atom stereocenters. The van der Waals surface area contributed by atoms with Crippen LogP contribution in [0.15, 0.2) is 0 Å². The first-order valence-electron chi connectivity index (χ1n) is 28.3. The molecular formula is C57H110O6. The molecule has 0 saturated carbocycles. The van der Waals surface area contributed by atoms with Gasteiger partial charge in [-0.25, -0.2) is 0 Å². The number of carbonyl (C=O) groups excluding carboxylic acids is 3. The summed E-state index contributed by atoms with van der Waals surface area (Å²) in [4.78, 5) is 38.1. The summed E-state index contributed by atoms with van der Waals surface area (Å²) in [6, 6.07) is 0. The Kier molecular flexibility index (Phi) is 48.6. The topological polar surface area (TPSA) is 78.9 Å². The highest BCUT2D eigenvalue weighted by atomic mass is 16.6. The van der Waals surface area contributed by atoms with E-state index in [0.29, 0.717) is 19.3 Å². The third-order valence-electron chi connectivity index (χ3n) is 13.3. The molecular weight excluding hydrogens is 781 g/mol. The molecule has 0 bridgehead atoms. The summed E-state index contributed by atoms with van der Waals surface area (Å²) in [7, 11) is 0. The van der Waals surface area contributed by atoms with Crippen molar-refractivity contribution in [1.82, 2.24) is 0 Å². The molecule has 6 nitrogen and oxygen atoms in total. The number of carbonyl (C=O) groups is 3. The van der Waals surface area contributed by atoms with Crippen LogP contribution in [0.2, 0.25) is 0 Å². The normalized spacial score (nSPS) is 12.5. The Hall–Kier alpha value is -1.59. The molecule has 0 radical (unpaired) electrons. The van der Waals surface area contributed by atoms with Crippen molar-refractivity contribution in [2.24, 2.45) is 11.8 Å². The summed E-state index contributed by atoms with van der Waals surface area (Å²) >= 11 is 0. The molecule has 6 heteroatoms. The van der Waals surface area contributed by atoms with Crippen LogP contribution in [0.25, 0.3) is 0 Å². The minimum atomic E-state index is -0.762. The van der Waals surface area contributed by atoms with Crippen LogP contribution < -0.4 is 0 Å². The standard InChI is InChI=1S/C57H110O6/c1-6-8-9-10-11-12-13-14-15-18-21-27-32-37-42-47-55(58)61-50-54(51-62-56(59)48-43-38-33-28-24-23-26-31-36-41-46-53(5)7-2)63-57(60)49-44-39-34-29-22-19-16-17-20-25-30-35-40-45-52(3)4/h52-54H,6-51H2,1-5H3/t53?,54-/m0/s1. The highest BCUT2D eigenvalue weighted by Crippen LogP contribution is 2.18. The molecule has 0 saturated heterocycles. The molecule has 0 heterocycles. The van der Waals surface area contributed by atoms with Crippen LogP contribution in [-0.4, -0.2) is 37.2 Å². The lowest BCUT2D eigenvalue weighted by atomic mass is 9.99. The predicted octanol–water partition coefficient (Wildman–Crippen LogP) is 18.5. The Balaban J connectivity index is 4.32. The zero-order valence-corrected chi connectivity index (χ0v) is 43.2. The number of hydrogen-bond acceptors (Lipinski definition) is 6. The van der Waals surface area contributed by atoms with Gasteiger partial charge in [0.15, 0.2) is 6.10 Å². The van der Waals surface area contributed by atoms with Crippen molar-refractivity contribution in [1.29, 1.82) is 0 Å². The minimum Gasteiger partial charge on any atom is -0.462 e. The first-order chi connectivity index (χ1) is 30.8. The summed E-state index contributed by atoms with van der Waals surface area (Å²) < 4.78 is 16.9. The zero-order valence-electron chi connectivity index (χ0n) is 43.2. The number of esters is 3. The molecule has 2 atom stereocenters. The molecule has 0 spiro atoms. The molecule has 0 aromatic rings. The van der Waals surface area contributed by atoms with E-state index in [2.05, 4.69) is 34.6 Å². The van der Waals surface area contributed by atoms with Gasteiger partial charge in [-0.1, -0.05) is 279 Å². The maximum absolute atomic E-state index is 12.8. The minimum absolute atomic E-state index is 0.0629. The first-order valence-corrected chi connectivity index (χ1v) is 28.3. The van der Waals surface area contributed by atoms with Crippen molar-refractivity contribution in [3.05, 3.63) is 0 Å². The largest absolute Gasteiger partial charge is 0.462 e. The van der Waals surface area contributed by atoms with E-state index in [9.17, 15) is 14.4 Å². The summed E-state index contributed by atoms with van der Waals surface area (Å²) in [6.07, 6.45) is 52.2. The highest BCUT2D eigenvalue weighted by molar-refractivity contribution is 5.71. The fourth-order valence-electron chi connectivity index (χ4n) is 8.66. The van der Waals surface area contributed by atoms with Crippen molar-refractivity contribution in [2.45, 2.75) is 323 Å². The van der Waals surface area contributed by atoms with Gasteiger partial charge in [-0.3, -0.25) is 14.4 Å². The lowest BCUT2D eigenvalue weighted by molar-refractivity contribution is -0.167. The Labute approximate surface area is 393 Å². The molecule has 0 rings (SSSR count). The van der Waals surface area contributed by atoms with Crippen molar-refractivity contribution < 1.29 is 28.6 Å². The van der Waals surface area contributed by atoms with E-state index >= 15 is 0 Å². The van der Waals surface area contributed by atoms with Crippen LogP contribution in [0.4, 0.5) is 0 Å². The van der Waals surface area contributed by atoms with E-state index < -0.39 is 6.10 Å². The lowest BCUT2D eigenvalue weighted by Gasteiger charge is -2.18. The van der Waals surface area contributed by atoms with Crippen LogP contribution >= 0.6 is 0 Å². The summed E-state index contributed by atoms with van der Waals surface area (Å²) in [5.41, 5.74) is 0. The number of unbranched alkanes of at least 4 members (excludes halogenated alkanes) is 35. The van der Waals surface area contributed by atoms with E-state index in [1.165, 1.54) is 205 Å². The van der Waals surface area contributed by atoms with Crippen molar-refractivity contribution in [2.75, 3.05) is 13.2 Å². The lowest BCUT2D eigenvalue weighted by Crippen LogP contribution is -2.30. The number of hydrogen-bond donors (Lipinski definition) is 0. The second kappa shape index (κ2) is 49.8. The van der Waals surface area contributed by atoms with Gasteiger partial charge in [-0.05, 0) is 31.1 Å². The fraction of sp³-hybridized carbons (Fsp3) is 0.947. The summed E-state index contributed by atoms with van der Waals surface area (Å²) in [5, 5.41) is 0. The van der Waals surface area contributed by atoms with Gasteiger partial charge >= 0.3 is 17.9 Å². The molecule has 0 aliphatic carbocycles. The molecule has 63 heavy (non-hydrogen) atoms. The first kappa shape index (κ1) is 61.4. The average molecular weight is 892 g/mol. The Morgan fingerprint density at radius 2 is 0.603 bits per heavy atom.